The number of rotatable bonds is 0. The van der Waals surface area contributed by atoms with E-state index in [1.165, 1.54) is 57.8 Å². The third-order valence-electron chi connectivity index (χ3n) is 6.55. The van der Waals surface area contributed by atoms with E-state index in [1.54, 1.807) is 0 Å². The van der Waals surface area contributed by atoms with Crippen LogP contribution in [0.15, 0.2) is 0 Å². The predicted molar refractivity (Wildman–Crippen MR) is 136 cm³/mol. The fraction of sp³-hybridized carbons (Fsp3) is 1.00. The number of nitrogens with zero attached hydrogens (tertiary/aromatic N) is 3. The molecular formula is C27H54CrN3. The van der Waals surface area contributed by atoms with Crippen LogP contribution in [0.2, 0.25) is 0 Å². The maximum atomic E-state index is 4.75. The zero-order valence-corrected chi connectivity index (χ0v) is 24.4. The largest absolute Gasteiger partial charge is 3.00 e. The van der Waals surface area contributed by atoms with E-state index in [0.29, 0.717) is 0 Å². The summed E-state index contributed by atoms with van der Waals surface area (Å²) in [6.45, 7) is 26.8. The van der Waals surface area contributed by atoms with Crippen molar-refractivity contribution >= 4 is 0 Å². The van der Waals surface area contributed by atoms with Crippen LogP contribution in [0.1, 0.15) is 141 Å². The Bertz CT molecular complexity index is 415. The van der Waals surface area contributed by atoms with E-state index < -0.39 is 0 Å². The summed E-state index contributed by atoms with van der Waals surface area (Å²) < 4.78 is 0. The van der Waals surface area contributed by atoms with Gasteiger partial charge in [-0.2, -0.15) is 0 Å². The van der Waals surface area contributed by atoms with Crippen LogP contribution in [0.25, 0.3) is 16.0 Å². The molecule has 183 valence electrons. The van der Waals surface area contributed by atoms with Gasteiger partial charge in [0.05, 0.1) is 0 Å². The molecular weight excluding hydrogens is 418 g/mol. The first-order valence-corrected chi connectivity index (χ1v) is 12.5. The molecule has 0 aromatic rings. The van der Waals surface area contributed by atoms with Gasteiger partial charge in [-0.05, 0) is 0 Å². The van der Waals surface area contributed by atoms with Gasteiger partial charge in [0, 0.05) is 0 Å². The summed E-state index contributed by atoms with van der Waals surface area (Å²) in [5.74, 6) is 0. The van der Waals surface area contributed by atoms with E-state index in [9.17, 15) is 0 Å². The Morgan fingerprint density at radius 2 is 0.452 bits per heavy atom. The van der Waals surface area contributed by atoms with E-state index in [4.69, 9.17) is 16.0 Å². The van der Waals surface area contributed by atoms with Crippen LogP contribution >= 0.6 is 0 Å². The average molecular weight is 473 g/mol. The van der Waals surface area contributed by atoms with Crippen LogP contribution in [-0.2, 0) is 17.4 Å². The third-order valence-corrected chi connectivity index (χ3v) is 6.55. The van der Waals surface area contributed by atoms with E-state index >= 15 is 0 Å². The van der Waals surface area contributed by atoms with Gasteiger partial charge in [-0.15, -0.1) is 33.2 Å². The summed E-state index contributed by atoms with van der Waals surface area (Å²) in [4.78, 5) is 0. The maximum Gasteiger partial charge on any atom is 3.00 e. The third kappa shape index (κ3) is 13.6. The molecule has 1 radical (unpaired) electrons. The van der Waals surface area contributed by atoms with Crippen LogP contribution in [0.4, 0.5) is 0 Å². The summed E-state index contributed by atoms with van der Waals surface area (Å²) in [6, 6.07) is 0. The second-order valence-corrected chi connectivity index (χ2v) is 13.8. The van der Waals surface area contributed by atoms with Crippen LogP contribution < -0.4 is 0 Å². The zero-order chi connectivity index (χ0) is 23.5. The molecule has 0 unspecified atom stereocenters. The maximum absolute atomic E-state index is 4.75. The van der Waals surface area contributed by atoms with Crippen molar-refractivity contribution in [2.24, 2.45) is 0 Å². The molecule has 0 aromatic heterocycles. The molecule has 0 aliphatic carbocycles. The minimum atomic E-state index is 0. The van der Waals surface area contributed by atoms with Gasteiger partial charge < -0.3 is 16.0 Å². The SMILES string of the molecule is CC1(C)CCCC(C)(C)[N-]1.CC1(C)CCCC(C)(C)[N-]1.CC1(C)CCCC(C)(C)[N-]1.[Cr+3]. The molecule has 0 saturated carbocycles. The van der Waals surface area contributed by atoms with Crippen LogP contribution in [0, 0.1) is 0 Å². The van der Waals surface area contributed by atoms with Gasteiger partial charge in [0.2, 0.25) is 0 Å². The van der Waals surface area contributed by atoms with Crippen LogP contribution in [0.3, 0.4) is 0 Å². The molecule has 31 heavy (non-hydrogen) atoms. The Morgan fingerprint density at radius 1 is 0.323 bits per heavy atom. The monoisotopic (exact) mass is 472 g/mol. The van der Waals surface area contributed by atoms with Crippen molar-refractivity contribution in [3.8, 4) is 0 Å². The molecule has 3 fully saturated rings. The fourth-order valence-corrected chi connectivity index (χ4v) is 5.65. The standard InChI is InChI=1S/3C9H18N.Cr/c3*1-8(2)6-5-7-9(3,4)10-8;/h3*5-7H2,1-4H3;/q3*-1;+3. The fourth-order valence-electron chi connectivity index (χ4n) is 5.65. The van der Waals surface area contributed by atoms with Gasteiger partial charge in [-0.3, -0.25) is 0 Å². The first-order chi connectivity index (χ1) is 13.2. The van der Waals surface area contributed by atoms with Crippen molar-refractivity contribution in [3.05, 3.63) is 16.0 Å². The van der Waals surface area contributed by atoms with Gasteiger partial charge in [0.1, 0.15) is 0 Å². The van der Waals surface area contributed by atoms with E-state index in [1.807, 2.05) is 0 Å². The average Bonchev–Trinajstić information content (AvgIpc) is 2.40. The summed E-state index contributed by atoms with van der Waals surface area (Å²) in [7, 11) is 0. The van der Waals surface area contributed by atoms with Gasteiger partial charge in [-0.1, -0.05) is 141 Å². The normalized spacial score (nSPS) is 29.0. The minimum Gasteiger partial charge on any atom is -0.652 e. The molecule has 3 heterocycles. The first kappa shape index (κ1) is 31.4. The van der Waals surface area contributed by atoms with Crippen LogP contribution in [0.5, 0.6) is 0 Å². The molecule has 3 aliphatic rings. The first-order valence-electron chi connectivity index (χ1n) is 12.5. The molecule has 3 nitrogen and oxygen atoms in total. The topological polar surface area (TPSA) is 42.3 Å². The summed E-state index contributed by atoms with van der Waals surface area (Å²) >= 11 is 0. The zero-order valence-electron chi connectivity index (χ0n) is 23.1. The molecule has 4 heteroatoms. The quantitative estimate of drug-likeness (QED) is 0.337. The second kappa shape index (κ2) is 11.2. The van der Waals surface area contributed by atoms with Crippen molar-refractivity contribution in [2.75, 3.05) is 0 Å². The van der Waals surface area contributed by atoms with E-state index in [-0.39, 0.29) is 50.6 Å². The molecule has 0 N–H and O–H groups in total. The molecule has 0 atom stereocenters. The Labute approximate surface area is 207 Å². The Kier molecular flexibility index (Phi) is 11.4. The van der Waals surface area contributed by atoms with Crippen molar-refractivity contribution in [2.45, 2.75) is 174 Å². The number of piperidine rings is 3. The van der Waals surface area contributed by atoms with E-state index in [0.717, 1.165) is 0 Å². The smallest absolute Gasteiger partial charge is 0.652 e. The van der Waals surface area contributed by atoms with Crippen molar-refractivity contribution < 1.29 is 17.4 Å². The Morgan fingerprint density at radius 3 is 0.516 bits per heavy atom. The van der Waals surface area contributed by atoms with Gasteiger partial charge >= 0.3 is 17.4 Å². The van der Waals surface area contributed by atoms with E-state index in [2.05, 4.69) is 83.1 Å². The number of hydrogen-bond acceptors (Lipinski definition) is 0. The molecule has 3 rings (SSSR count). The Hall–Kier alpha value is 0.412. The molecule has 3 saturated heterocycles. The van der Waals surface area contributed by atoms with Crippen molar-refractivity contribution in [1.82, 2.24) is 0 Å². The molecule has 0 bridgehead atoms. The molecule has 3 aliphatic heterocycles. The van der Waals surface area contributed by atoms with Crippen molar-refractivity contribution in [3.63, 3.8) is 0 Å². The molecule has 0 spiro atoms. The second-order valence-electron chi connectivity index (χ2n) is 13.8. The number of hydrogen-bond donors (Lipinski definition) is 0. The summed E-state index contributed by atoms with van der Waals surface area (Å²) in [6.07, 6.45) is 11.6. The molecule has 0 aromatic carbocycles. The van der Waals surface area contributed by atoms with Gasteiger partial charge in [0.25, 0.3) is 0 Å². The van der Waals surface area contributed by atoms with Gasteiger partial charge in [-0.25, -0.2) is 0 Å². The molecule has 0 amide bonds. The van der Waals surface area contributed by atoms with Gasteiger partial charge in [0.15, 0.2) is 0 Å². The Balaban J connectivity index is 0.000000429. The predicted octanol–water partition coefficient (Wildman–Crippen LogP) is 9.30. The van der Waals surface area contributed by atoms with Crippen molar-refractivity contribution in [1.29, 1.82) is 0 Å². The minimum absolute atomic E-state index is 0. The summed E-state index contributed by atoms with van der Waals surface area (Å²) in [5.41, 5.74) is 1.43. The summed E-state index contributed by atoms with van der Waals surface area (Å²) in [5, 5.41) is 14.2. The van der Waals surface area contributed by atoms with Crippen LogP contribution in [-0.4, -0.2) is 33.2 Å².